The van der Waals surface area contributed by atoms with Gasteiger partial charge in [-0.05, 0) is 85.5 Å². The predicted octanol–water partition coefficient (Wildman–Crippen LogP) is 3.73. The zero-order valence-corrected chi connectivity index (χ0v) is 33.1. The third-order valence-electron chi connectivity index (χ3n) is 11.2. The Bertz CT molecular complexity index is 2340. The van der Waals surface area contributed by atoms with Gasteiger partial charge in [-0.2, -0.15) is 0 Å². The molecule has 16 heteroatoms. The van der Waals surface area contributed by atoms with E-state index in [2.05, 4.69) is 52.0 Å². The molecule has 2 aromatic heterocycles. The molecule has 0 radical (unpaired) electrons. The molecule has 3 aromatic carbocycles. The monoisotopic (exact) mass is 797 g/mol. The molecule has 3 aliphatic heterocycles. The first-order valence-electron chi connectivity index (χ1n) is 20.0. The summed E-state index contributed by atoms with van der Waals surface area (Å²) in [6.45, 7) is 7.79. The van der Waals surface area contributed by atoms with Crippen molar-refractivity contribution in [3.8, 4) is 17.3 Å². The summed E-state index contributed by atoms with van der Waals surface area (Å²) >= 11 is 0. The van der Waals surface area contributed by atoms with Crippen molar-refractivity contribution in [2.24, 2.45) is 7.05 Å². The Morgan fingerprint density at radius 2 is 1.83 bits per heavy atom. The number of nitrogens with zero attached hydrogens (tertiary/aromatic N) is 8. The van der Waals surface area contributed by atoms with Gasteiger partial charge in [-0.15, -0.1) is 10.2 Å². The third-order valence-corrected chi connectivity index (χ3v) is 11.2. The number of benzene rings is 3. The lowest BCUT2D eigenvalue weighted by molar-refractivity contribution is -0.136. The summed E-state index contributed by atoms with van der Waals surface area (Å²) in [5.41, 5.74) is 5.58. The number of fused-ring (bicyclic) bond motifs is 1. The average molecular weight is 798 g/mol. The van der Waals surface area contributed by atoms with Crippen LogP contribution in [0.4, 0.5) is 11.4 Å². The number of hydrogen-bond donors (Lipinski definition) is 3. The van der Waals surface area contributed by atoms with E-state index in [1.165, 1.54) is 6.33 Å². The van der Waals surface area contributed by atoms with Crippen molar-refractivity contribution in [1.29, 1.82) is 0 Å². The summed E-state index contributed by atoms with van der Waals surface area (Å²) in [4.78, 5) is 65.0. The molecular weight excluding hydrogens is 751 g/mol. The van der Waals surface area contributed by atoms with Gasteiger partial charge in [0.05, 0.1) is 19.2 Å². The minimum Gasteiger partial charge on any atom is -0.494 e. The van der Waals surface area contributed by atoms with E-state index in [0.717, 1.165) is 73.2 Å². The molecular formula is C43H47N11O5. The van der Waals surface area contributed by atoms with Crippen LogP contribution in [-0.2, 0) is 29.7 Å². The maximum absolute atomic E-state index is 13.3. The number of anilines is 2. The second-order valence-electron chi connectivity index (χ2n) is 15.1. The highest BCUT2D eigenvalue weighted by molar-refractivity contribution is 6.05. The first kappa shape index (κ1) is 39.2. The molecule has 2 atom stereocenters. The van der Waals surface area contributed by atoms with Gasteiger partial charge in [0, 0.05) is 81.4 Å². The van der Waals surface area contributed by atoms with Crippen LogP contribution in [0.3, 0.4) is 0 Å². The number of hydrogen-bond acceptors (Lipinski definition) is 12. The quantitative estimate of drug-likeness (QED) is 0.110. The van der Waals surface area contributed by atoms with E-state index in [9.17, 15) is 19.2 Å². The normalized spacial score (nSPS) is 17.4. The molecule has 0 spiro atoms. The molecule has 8 rings (SSSR count). The van der Waals surface area contributed by atoms with Gasteiger partial charge in [0.15, 0.2) is 11.6 Å². The molecule has 0 aliphatic carbocycles. The van der Waals surface area contributed by atoms with Crippen molar-refractivity contribution in [2.45, 2.75) is 51.4 Å². The molecule has 0 saturated carbocycles. The molecule has 4 amide bonds. The highest BCUT2D eigenvalue weighted by Gasteiger charge is 2.39. The fraction of sp³-hybridized carbons (Fsp3) is 0.349. The van der Waals surface area contributed by atoms with Gasteiger partial charge >= 0.3 is 0 Å². The van der Waals surface area contributed by atoms with E-state index in [0.29, 0.717) is 48.8 Å². The Hall–Kier alpha value is -6.68. The van der Waals surface area contributed by atoms with Crippen molar-refractivity contribution in [3.63, 3.8) is 0 Å². The highest BCUT2D eigenvalue weighted by atomic mass is 16.5. The number of piperidine rings is 1. The number of ether oxygens (including phenoxy) is 1. The van der Waals surface area contributed by atoms with E-state index in [1.54, 1.807) is 23.2 Å². The standard InChI is InChI=1S/C43H47N11O5/c1-28(47-41(56)30-7-3-8-32(22-30)45-25-38-49-50-40(51(38)2)36-14-15-44-27-46-36)29-6-4-9-34(24-29)59-21-5-16-52-17-19-53(20-18-52)33-10-11-35-31(23-33)26-54(43(35)58)37-12-13-39(55)48-42(37)57/h3-4,6-11,14-15,22-24,27-28,37,45H,5,12-13,16-21,25-26H2,1-2H3,(H,47,56)(H,48,55,57)/t28-,37?/m1/s1. The minimum absolute atomic E-state index is 0.154. The summed E-state index contributed by atoms with van der Waals surface area (Å²) in [7, 11) is 1.89. The van der Waals surface area contributed by atoms with E-state index in [1.807, 2.05) is 73.1 Å². The van der Waals surface area contributed by atoms with Gasteiger partial charge in [-0.25, -0.2) is 9.97 Å². The second kappa shape index (κ2) is 17.4. The number of nitrogens with one attached hydrogen (secondary N) is 3. The Balaban J connectivity index is 0.763. The van der Waals surface area contributed by atoms with Crippen molar-refractivity contribution in [3.05, 3.63) is 113 Å². The number of carbonyl (C=O) groups is 4. The number of aromatic nitrogens is 5. The van der Waals surface area contributed by atoms with Crippen molar-refractivity contribution < 1.29 is 23.9 Å². The lowest BCUT2D eigenvalue weighted by atomic mass is 10.0. The summed E-state index contributed by atoms with van der Waals surface area (Å²) in [5.74, 6) is 1.11. The first-order chi connectivity index (χ1) is 28.7. The van der Waals surface area contributed by atoms with E-state index in [4.69, 9.17) is 4.74 Å². The molecule has 2 fully saturated rings. The first-order valence-corrected chi connectivity index (χ1v) is 20.0. The molecule has 5 aromatic rings. The number of amides is 4. The Morgan fingerprint density at radius 3 is 2.64 bits per heavy atom. The minimum atomic E-state index is -0.613. The molecule has 0 bridgehead atoms. The largest absolute Gasteiger partial charge is 0.494 e. The molecule has 16 nitrogen and oxygen atoms in total. The van der Waals surface area contributed by atoms with Gasteiger partial charge < -0.3 is 29.7 Å². The van der Waals surface area contributed by atoms with Gasteiger partial charge in [-0.3, -0.25) is 29.4 Å². The van der Waals surface area contributed by atoms with Gasteiger partial charge in [-0.1, -0.05) is 18.2 Å². The molecule has 3 aliphatic rings. The van der Waals surface area contributed by atoms with Crippen LogP contribution in [0, 0.1) is 0 Å². The maximum atomic E-state index is 13.3. The molecule has 5 heterocycles. The van der Waals surface area contributed by atoms with E-state index >= 15 is 0 Å². The van der Waals surface area contributed by atoms with Crippen LogP contribution in [-0.4, -0.2) is 104 Å². The van der Waals surface area contributed by atoms with Crippen LogP contribution in [0.15, 0.2) is 85.3 Å². The SMILES string of the molecule is C[C@@H](NC(=O)c1cccc(NCc2nnc(-c3ccncn3)n2C)c1)c1cccc(OCCCN2CCN(c3ccc4c(c3)CN(C3CCC(=O)NC3=O)C4=O)CC2)c1. The van der Waals surface area contributed by atoms with Gasteiger partial charge in [0.1, 0.15) is 23.8 Å². The molecule has 59 heavy (non-hydrogen) atoms. The lowest BCUT2D eigenvalue weighted by Crippen LogP contribution is -2.52. The van der Waals surface area contributed by atoms with Crippen LogP contribution < -0.4 is 25.6 Å². The Kier molecular flexibility index (Phi) is 11.6. The van der Waals surface area contributed by atoms with Crippen LogP contribution in [0.5, 0.6) is 5.75 Å². The summed E-state index contributed by atoms with van der Waals surface area (Å²) in [5, 5.41) is 17.4. The van der Waals surface area contributed by atoms with Crippen molar-refractivity contribution >= 4 is 35.0 Å². The van der Waals surface area contributed by atoms with Crippen LogP contribution in [0.25, 0.3) is 11.5 Å². The number of piperazine rings is 1. The fourth-order valence-corrected chi connectivity index (χ4v) is 7.82. The Labute approximate surface area is 342 Å². The van der Waals surface area contributed by atoms with E-state index < -0.39 is 11.9 Å². The molecule has 2 saturated heterocycles. The fourth-order valence-electron chi connectivity index (χ4n) is 7.82. The summed E-state index contributed by atoms with van der Waals surface area (Å²) in [6.07, 6.45) is 4.61. The molecule has 3 N–H and O–H groups in total. The zero-order valence-electron chi connectivity index (χ0n) is 33.1. The third kappa shape index (κ3) is 8.92. The number of rotatable bonds is 14. The second-order valence-corrected chi connectivity index (χ2v) is 15.1. The van der Waals surface area contributed by atoms with Crippen LogP contribution in [0.2, 0.25) is 0 Å². The van der Waals surface area contributed by atoms with Crippen LogP contribution >= 0.6 is 0 Å². The van der Waals surface area contributed by atoms with Crippen LogP contribution in [0.1, 0.15) is 69.9 Å². The van der Waals surface area contributed by atoms with Crippen molar-refractivity contribution in [1.82, 2.24) is 45.2 Å². The topological polar surface area (TPSA) is 180 Å². The number of carbonyl (C=O) groups excluding carboxylic acids is 4. The maximum Gasteiger partial charge on any atom is 0.255 e. The smallest absolute Gasteiger partial charge is 0.255 e. The van der Waals surface area contributed by atoms with Crippen molar-refractivity contribution in [2.75, 3.05) is 49.5 Å². The molecule has 304 valence electrons. The predicted molar refractivity (Wildman–Crippen MR) is 219 cm³/mol. The number of imide groups is 1. The van der Waals surface area contributed by atoms with Gasteiger partial charge in [0.2, 0.25) is 11.8 Å². The zero-order chi connectivity index (χ0) is 40.9. The molecule has 1 unspecified atom stereocenters. The van der Waals surface area contributed by atoms with Gasteiger partial charge in [0.25, 0.3) is 11.8 Å². The highest BCUT2D eigenvalue weighted by Crippen LogP contribution is 2.31. The lowest BCUT2D eigenvalue weighted by Gasteiger charge is -2.36. The van der Waals surface area contributed by atoms with E-state index in [-0.39, 0.29) is 30.2 Å². The summed E-state index contributed by atoms with van der Waals surface area (Å²) < 4.78 is 8.02. The summed E-state index contributed by atoms with van der Waals surface area (Å²) in [6, 6.07) is 22.1. The Morgan fingerprint density at radius 1 is 0.983 bits per heavy atom. The average Bonchev–Trinajstić information content (AvgIpc) is 3.79.